The lowest BCUT2D eigenvalue weighted by atomic mass is 10.1. The Kier molecular flexibility index (Phi) is 4.51. The molecular formula is C16H12N2O5. The van der Waals surface area contributed by atoms with E-state index in [-0.39, 0.29) is 34.0 Å². The molecule has 0 atom stereocenters. The molecule has 0 aliphatic rings. The summed E-state index contributed by atoms with van der Waals surface area (Å²) in [6, 6.07) is 11.8. The van der Waals surface area contributed by atoms with Gasteiger partial charge in [0.15, 0.2) is 0 Å². The second-order valence-electron chi connectivity index (χ2n) is 4.50. The highest BCUT2D eigenvalue weighted by atomic mass is 16.6. The number of rotatable bonds is 6. The van der Waals surface area contributed by atoms with Crippen LogP contribution in [-0.2, 0) is 4.74 Å². The number of para-hydroxylation sites is 2. The number of nitro groups is 2. The standard InChI is InChI=1S/C16H12N2O5/c1-11(13-7-3-5-9-15(13)17(19)20)23-12(2)14-8-4-6-10-16(14)18(21)22/h3-10H,1-2H2. The first-order valence-electron chi connectivity index (χ1n) is 6.45. The first-order valence-corrected chi connectivity index (χ1v) is 6.45. The van der Waals surface area contributed by atoms with E-state index in [1.807, 2.05) is 0 Å². The molecule has 116 valence electrons. The summed E-state index contributed by atoms with van der Waals surface area (Å²) in [5.74, 6) is -0.0269. The molecule has 0 spiro atoms. The Bertz CT molecular complexity index is 746. The van der Waals surface area contributed by atoms with Crippen molar-refractivity contribution in [3.8, 4) is 0 Å². The molecule has 2 aromatic rings. The van der Waals surface area contributed by atoms with Crippen molar-refractivity contribution in [3.05, 3.63) is 93.0 Å². The van der Waals surface area contributed by atoms with Crippen LogP contribution in [0, 0.1) is 20.2 Å². The smallest absolute Gasteiger partial charge is 0.280 e. The third-order valence-corrected chi connectivity index (χ3v) is 3.05. The van der Waals surface area contributed by atoms with Crippen molar-refractivity contribution in [2.45, 2.75) is 0 Å². The molecule has 0 amide bonds. The Labute approximate surface area is 131 Å². The van der Waals surface area contributed by atoms with Crippen LogP contribution < -0.4 is 0 Å². The van der Waals surface area contributed by atoms with E-state index in [0.717, 1.165) is 0 Å². The fraction of sp³-hybridized carbons (Fsp3) is 0. The molecule has 0 heterocycles. The Balaban J connectivity index is 2.30. The summed E-state index contributed by atoms with van der Waals surface area (Å²) in [7, 11) is 0. The highest BCUT2D eigenvalue weighted by Gasteiger charge is 2.20. The Morgan fingerprint density at radius 2 is 1.13 bits per heavy atom. The lowest BCUT2D eigenvalue weighted by Gasteiger charge is -2.11. The maximum atomic E-state index is 11.0. The first kappa shape index (κ1) is 15.9. The van der Waals surface area contributed by atoms with Crippen LogP contribution in [0.4, 0.5) is 11.4 Å². The summed E-state index contributed by atoms with van der Waals surface area (Å²) in [6.07, 6.45) is 0. The first-order chi connectivity index (χ1) is 10.9. The molecule has 7 nitrogen and oxygen atoms in total. The van der Waals surface area contributed by atoms with Gasteiger partial charge in [-0.2, -0.15) is 0 Å². The molecule has 0 unspecified atom stereocenters. The normalized spacial score (nSPS) is 9.91. The van der Waals surface area contributed by atoms with Crippen LogP contribution in [0.2, 0.25) is 0 Å². The number of hydrogen-bond donors (Lipinski definition) is 0. The van der Waals surface area contributed by atoms with Gasteiger partial charge in [-0.3, -0.25) is 20.2 Å². The van der Waals surface area contributed by atoms with E-state index in [1.165, 1.54) is 36.4 Å². The van der Waals surface area contributed by atoms with E-state index >= 15 is 0 Å². The van der Waals surface area contributed by atoms with Crippen LogP contribution in [0.1, 0.15) is 11.1 Å². The largest absolute Gasteiger partial charge is 0.457 e. The topological polar surface area (TPSA) is 95.5 Å². The van der Waals surface area contributed by atoms with E-state index in [9.17, 15) is 20.2 Å². The van der Waals surface area contributed by atoms with Crippen LogP contribution in [0.25, 0.3) is 11.5 Å². The van der Waals surface area contributed by atoms with E-state index in [0.29, 0.717) is 0 Å². The molecule has 7 heteroatoms. The second-order valence-corrected chi connectivity index (χ2v) is 4.50. The number of nitro benzene ring substituents is 2. The Morgan fingerprint density at radius 3 is 1.48 bits per heavy atom. The summed E-state index contributed by atoms with van der Waals surface area (Å²) in [6.45, 7) is 7.30. The molecule has 0 saturated carbocycles. The van der Waals surface area contributed by atoms with Gasteiger partial charge in [-0.1, -0.05) is 37.4 Å². The van der Waals surface area contributed by atoms with Gasteiger partial charge in [0.1, 0.15) is 11.5 Å². The zero-order chi connectivity index (χ0) is 17.0. The lowest BCUT2D eigenvalue weighted by molar-refractivity contribution is -0.385. The van der Waals surface area contributed by atoms with E-state index < -0.39 is 9.85 Å². The zero-order valence-electron chi connectivity index (χ0n) is 12.0. The molecular weight excluding hydrogens is 300 g/mol. The molecule has 2 aromatic carbocycles. The average molecular weight is 312 g/mol. The van der Waals surface area contributed by atoms with Gasteiger partial charge >= 0.3 is 0 Å². The average Bonchev–Trinajstić information content (AvgIpc) is 2.54. The summed E-state index contributed by atoms with van der Waals surface area (Å²) in [5.41, 5.74) is 0.00944. The fourth-order valence-electron chi connectivity index (χ4n) is 2.00. The summed E-state index contributed by atoms with van der Waals surface area (Å²) in [5, 5.41) is 22.0. The van der Waals surface area contributed by atoms with Gasteiger partial charge < -0.3 is 4.74 Å². The van der Waals surface area contributed by atoms with Crippen molar-refractivity contribution in [3.63, 3.8) is 0 Å². The van der Waals surface area contributed by atoms with Crippen molar-refractivity contribution in [2.24, 2.45) is 0 Å². The second kappa shape index (κ2) is 6.52. The van der Waals surface area contributed by atoms with Crippen molar-refractivity contribution < 1.29 is 14.6 Å². The number of benzene rings is 2. The minimum atomic E-state index is -0.558. The summed E-state index contributed by atoms with van der Waals surface area (Å²) >= 11 is 0. The maximum absolute atomic E-state index is 11.0. The van der Waals surface area contributed by atoms with Gasteiger partial charge in [-0.05, 0) is 12.1 Å². The summed E-state index contributed by atoms with van der Waals surface area (Å²) in [4.78, 5) is 20.9. The molecule has 0 bridgehead atoms. The van der Waals surface area contributed by atoms with Gasteiger partial charge in [0.25, 0.3) is 11.4 Å². The molecule has 2 rings (SSSR count). The fourth-order valence-corrected chi connectivity index (χ4v) is 2.00. The predicted octanol–water partition coefficient (Wildman–Crippen LogP) is 4.16. The third-order valence-electron chi connectivity index (χ3n) is 3.05. The van der Waals surface area contributed by atoms with E-state index in [4.69, 9.17) is 4.74 Å². The van der Waals surface area contributed by atoms with Crippen molar-refractivity contribution in [2.75, 3.05) is 0 Å². The number of hydrogen-bond acceptors (Lipinski definition) is 5. The molecule has 0 radical (unpaired) electrons. The zero-order valence-corrected chi connectivity index (χ0v) is 12.0. The van der Waals surface area contributed by atoms with Gasteiger partial charge in [0.05, 0.1) is 21.0 Å². The SMILES string of the molecule is C=C(OC(=C)c1ccccc1[N+](=O)[O-])c1ccccc1[N+](=O)[O-]. The minimum Gasteiger partial charge on any atom is -0.457 e. The quantitative estimate of drug-likeness (QED) is 0.453. The minimum absolute atomic E-state index is 0.0135. The molecule has 0 fully saturated rings. The predicted molar refractivity (Wildman–Crippen MR) is 85.3 cm³/mol. The van der Waals surface area contributed by atoms with Crippen LogP contribution in [0.15, 0.2) is 61.7 Å². The highest BCUT2D eigenvalue weighted by Crippen LogP contribution is 2.32. The van der Waals surface area contributed by atoms with Crippen LogP contribution in [0.5, 0.6) is 0 Å². The van der Waals surface area contributed by atoms with Crippen LogP contribution in [-0.4, -0.2) is 9.85 Å². The van der Waals surface area contributed by atoms with Gasteiger partial charge in [0.2, 0.25) is 0 Å². The van der Waals surface area contributed by atoms with Crippen molar-refractivity contribution >= 4 is 22.9 Å². The molecule has 0 aliphatic carbocycles. The number of ether oxygens (including phenoxy) is 1. The lowest BCUT2D eigenvalue weighted by Crippen LogP contribution is -1.99. The Hall–Kier alpha value is -3.48. The molecule has 0 aromatic heterocycles. The van der Waals surface area contributed by atoms with Crippen molar-refractivity contribution in [1.29, 1.82) is 0 Å². The van der Waals surface area contributed by atoms with Gasteiger partial charge in [-0.25, -0.2) is 0 Å². The van der Waals surface area contributed by atoms with E-state index in [1.54, 1.807) is 12.1 Å². The van der Waals surface area contributed by atoms with Gasteiger partial charge in [-0.15, -0.1) is 0 Å². The van der Waals surface area contributed by atoms with Gasteiger partial charge in [0, 0.05) is 12.1 Å². The molecule has 0 aliphatic heterocycles. The number of nitrogens with zero attached hydrogens (tertiary/aromatic N) is 2. The Morgan fingerprint density at radius 1 is 0.783 bits per heavy atom. The summed E-state index contributed by atoms with van der Waals surface area (Å²) < 4.78 is 5.41. The van der Waals surface area contributed by atoms with E-state index in [2.05, 4.69) is 13.2 Å². The third kappa shape index (κ3) is 3.41. The van der Waals surface area contributed by atoms with Crippen LogP contribution >= 0.6 is 0 Å². The van der Waals surface area contributed by atoms with Crippen LogP contribution in [0.3, 0.4) is 0 Å². The maximum Gasteiger partial charge on any atom is 0.280 e. The molecule has 23 heavy (non-hydrogen) atoms. The molecule has 0 saturated heterocycles. The highest BCUT2D eigenvalue weighted by molar-refractivity contribution is 5.74. The monoisotopic (exact) mass is 312 g/mol. The molecule has 0 N–H and O–H groups in total. The van der Waals surface area contributed by atoms with Crippen molar-refractivity contribution in [1.82, 2.24) is 0 Å².